The maximum Gasteiger partial charge on any atom is 0.253 e. The second-order valence-corrected chi connectivity index (χ2v) is 6.99. The van der Waals surface area contributed by atoms with Crippen LogP contribution in [0, 0.1) is 19.8 Å². The minimum Gasteiger partial charge on any atom is -0.497 e. The fraction of sp³-hybridized carbons (Fsp3) is 0.368. The van der Waals surface area contributed by atoms with Gasteiger partial charge < -0.3 is 9.64 Å². The van der Waals surface area contributed by atoms with Crippen LogP contribution in [0.15, 0.2) is 24.3 Å². The Labute approximate surface area is 162 Å². The van der Waals surface area contributed by atoms with Gasteiger partial charge in [0.15, 0.2) is 5.82 Å². The Kier molecular flexibility index (Phi) is 5.32. The molecule has 0 radical (unpaired) electrons. The number of hydrogen-bond acceptors (Lipinski definition) is 5. The molecule has 0 aliphatic carbocycles. The van der Waals surface area contributed by atoms with Crippen LogP contribution >= 0.6 is 11.6 Å². The van der Waals surface area contributed by atoms with E-state index >= 15 is 0 Å². The van der Waals surface area contributed by atoms with Gasteiger partial charge in [-0.05, 0) is 38.1 Å². The summed E-state index contributed by atoms with van der Waals surface area (Å²) in [6.07, 6.45) is 0. The zero-order valence-electron chi connectivity index (χ0n) is 16.0. The monoisotopic (exact) mass is 387 g/mol. The summed E-state index contributed by atoms with van der Waals surface area (Å²) in [6, 6.07) is 7.34. The lowest BCUT2D eigenvalue weighted by Crippen LogP contribution is -2.34. The Balaban J connectivity index is 1.99. The number of nitrogens with zero attached hydrogens (tertiary/aromatic N) is 5. The van der Waals surface area contributed by atoms with Crippen molar-refractivity contribution in [2.75, 3.05) is 12.0 Å². The second kappa shape index (κ2) is 7.52. The fourth-order valence-corrected chi connectivity index (χ4v) is 2.90. The van der Waals surface area contributed by atoms with E-state index in [0.29, 0.717) is 22.3 Å². The molecule has 0 aliphatic heterocycles. The molecular formula is C19H22ClN5O2. The largest absolute Gasteiger partial charge is 0.497 e. The van der Waals surface area contributed by atoms with Crippen molar-refractivity contribution < 1.29 is 9.53 Å². The third-order valence-corrected chi connectivity index (χ3v) is 4.85. The molecule has 0 fully saturated rings. The van der Waals surface area contributed by atoms with Crippen molar-refractivity contribution in [2.24, 2.45) is 5.92 Å². The molecular weight excluding hydrogens is 366 g/mol. The molecule has 0 saturated heterocycles. The maximum absolute atomic E-state index is 12.8. The standard InChI is InChI=1S/C19H22ClN5O2/c1-11(2)18(26)24(14-6-8-15(27-5)9-7-14)10-16-22-19-21-12(3)17(20)13(4)25(19)23-16/h6-9,11H,10H2,1-5H3. The molecule has 0 saturated carbocycles. The lowest BCUT2D eigenvalue weighted by molar-refractivity contribution is -0.121. The third kappa shape index (κ3) is 3.73. The zero-order chi connectivity index (χ0) is 19.7. The fourth-order valence-electron chi connectivity index (χ4n) is 2.78. The third-order valence-electron chi connectivity index (χ3n) is 4.30. The van der Waals surface area contributed by atoms with E-state index in [-0.39, 0.29) is 18.4 Å². The van der Waals surface area contributed by atoms with E-state index < -0.39 is 0 Å². The predicted molar refractivity (Wildman–Crippen MR) is 104 cm³/mol. The molecule has 27 heavy (non-hydrogen) atoms. The molecule has 142 valence electrons. The Morgan fingerprint density at radius 1 is 1.22 bits per heavy atom. The van der Waals surface area contributed by atoms with E-state index in [1.807, 2.05) is 52.0 Å². The molecule has 3 aromatic rings. The van der Waals surface area contributed by atoms with Crippen molar-refractivity contribution in [1.82, 2.24) is 19.6 Å². The topological polar surface area (TPSA) is 72.6 Å². The lowest BCUT2D eigenvalue weighted by Gasteiger charge is -2.23. The number of benzene rings is 1. The molecule has 2 heterocycles. The Hall–Kier alpha value is -2.67. The number of rotatable bonds is 5. The summed E-state index contributed by atoms with van der Waals surface area (Å²) in [7, 11) is 1.61. The second-order valence-electron chi connectivity index (χ2n) is 6.61. The van der Waals surface area contributed by atoms with Gasteiger partial charge in [0.2, 0.25) is 5.91 Å². The number of hydrogen-bond donors (Lipinski definition) is 0. The lowest BCUT2D eigenvalue weighted by atomic mass is 10.1. The van der Waals surface area contributed by atoms with Crippen molar-refractivity contribution >= 4 is 29.0 Å². The van der Waals surface area contributed by atoms with Crippen LogP contribution in [0.2, 0.25) is 5.02 Å². The van der Waals surface area contributed by atoms with Crippen LogP contribution in [-0.4, -0.2) is 32.6 Å². The molecule has 0 unspecified atom stereocenters. The van der Waals surface area contributed by atoms with E-state index in [1.165, 1.54) is 0 Å². The number of anilines is 1. The van der Waals surface area contributed by atoms with Gasteiger partial charge in [-0.3, -0.25) is 4.79 Å². The number of ether oxygens (including phenoxy) is 1. The number of halogens is 1. The molecule has 1 amide bonds. The summed E-state index contributed by atoms with van der Waals surface area (Å²) >= 11 is 6.26. The van der Waals surface area contributed by atoms with Gasteiger partial charge >= 0.3 is 0 Å². The summed E-state index contributed by atoms with van der Waals surface area (Å²) in [5, 5.41) is 5.05. The first-order valence-electron chi connectivity index (χ1n) is 8.65. The quantitative estimate of drug-likeness (QED) is 0.668. The number of methoxy groups -OCH3 is 1. The van der Waals surface area contributed by atoms with Gasteiger partial charge in [0.25, 0.3) is 5.78 Å². The minimum atomic E-state index is -0.166. The van der Waals surface area contributed by atoms with E-state index in [1.54, 1.807) is 16.5 Å². The summed E-state index contributed by atoms with van der Waals surface area (Å²) in [4.78, 5) is 23.3. The molecule has 3 rings (SSSR count). The van der Waals surface area contributed by atoms with Gasteiger partial charge in [0, 0.05) is 11.6 Å². The zero-order valence-corrected chi connectivity index (χ0v) is 16.8. The summed E-state index contributed by atoms with van der Waals surface area (Å²) in [5.74, 6) is 1.51. The number of aromatic nitrogens is 4. The van der Waals surface area contributed by atoms with Gasteiger partial charge in [-0.15, -0.1) is 5.10 Å². The molecule has 0 N–H and O–H groups in total. The first kappa shape index (κ1) is 19.1. The minimum absolute atomic E-state index is 0.0158. The first-order chi connectivity index (χ1) is 12.8. The van der Waals surface area contributed by atoms with Crippen molar-refractivity contribution in [2.45, 2.75) is 34.2 Å². The van der Waals surface area contributed by atoms with Crippen LogP contribution in [0.25, 0.3) is 5.78 Å². The smallest absolute Gasteiger partial charge is 0.253 e. The number of carbonyl (C=O) groups is 1. The van der Waals surface area contributed by atoms with Crippen LogP contribution in [0.3, 0.4) is 0 Å². The molecule has 0 atom stereocenters. The van der Waals surface area contributed by atoms with E-state index in [9.17, 15) is 4.79 Å². The van der Waals surface area contributed by atoms with Gasteiger partial charge in [0.05, 0.1) is 30.1 Å². The maximum atomic E-state index is 12.8. The number of carbonyl (C=O) groups excluding carboxylic acids is 1. The Morgan fingerprint density at radius 2 is 1.89 bits per heavy atom. The van der Waals surface area contributed by atoms with Crippen LogP contribution in [0.1, 0.15) is 31.1 Å². The van der Waals surface area contributed by atoms with Crippen LogP contribution in [0.4, 0.5) is 5.69 Å². The highest BCUT2D eigenvalue weighted by Crippen LogP contribution is 2.23. The molecule has 2 aromatic heterocycles. The highest BCUT2D eigenvalue weighted by molar-refractivity contribution is 6.31. The molecule has 0 bridgehead atoms. The summed E-state index contributed by atoms with van der Waals surface area (Å²) in [6.45, 7) is 7.66. The van der Waals surface area contributed by atoms with E-state index in [0.717, 1.165) is 17.1 Å². The highest BCUT2D eigenvalue weighted by atomic mass is 35.5. The number of fused-ring (bicyclic) bond motifs is 1. The van der Waals surface area contributed by atoms with Crippen LogP contribution in [0.5, 0.6) is 5.75 Å². The molecule has 7 nitrogen and oxygen atoms in total. The van der Waals surface area contributed by atoms with Crippen molar-refractivity contribution in [3.05, 3.63) is 46.5 Å². The van der Waals surface area contributed by atoms with Gasteiger partial charge in [-0.1, -0.05) is 25.4 Å². The first-order valence-corrected chi connectivity index (χ1v) is 9.03. The molecule has 0 spiro atoms. The summed E-state index contributed by atoms with van der Waals surface area (Å²) in [5.41, 5.74) is 2.22. The SMILES string of the molecule is COc1ccc(N(Cc2nc3nc(C)c(Cl)c(C)n3n2)C(=O)C(C)C)cc1. The molecule has 1 aromatic carbocycles. The van der Waals surface area contributed by atoms with Gasteiger partial charge in [-0.2, -0.15) is 9.50 Å². The van der Waals surface area contributed by atoms with Crippen LogP contribution in [-0.2, 0) is 11.3 Å². The molecule has 8 heteroatoms. The number of aryl methyl sites for hydroxylation is 2. The highest BCUT2D eigenvalue weighted by Gasteiger charge is 2.22. The van der Waals surface area contributed by atoms with Crippen molar-refractivity contribution in [1.29, 1.82) is 0 Å². The predicted octanol–water partition coefficient (Wildman–Crippen LogP) is 3.59. The summed E-state index contributed by atoms with van der Waals surface area (Å²) < 4.78 is 6.81. The van der Waals surface area contributed by atoms with E-state index in [4.69, 9.17) is 16.3 Å². The average Bonchev–Trinajstić information content (AvgIpc) is 3.06. The molecule has 0 aliphatic rings. The van der Waals surface area contributed by atoms with E-state index in [2.05, 4.69) is 15.1 Å². The van der Waals surface area contributed by atoms with Gasteiger partial charge in [-0.25, -0.2) is 4.98 Å². The Bertz CT molecular complexity index is 982. The number of amides is 1. The Morgan fingerprint density at radius 3 is 2.48 bits per heavy atom. The van der Waals surface area contributed by atoms with Gasteiger partial charge in [0.1, 0.15) is 5.75 Å². The van der Waals surface area contributed by atoms with Crippen molar-refractivity contribution in [3.63, 3.8) is 0 Å². The van der Waals surface area contributed by atoms with Crippen molar-refractivity contribution in [3.8, 4) is 5.75 Å². The average molecular weight is 388 g/mol. The normalized spacial score (nSPS) is 11.2. The van der Waals surface area contributed by atoms with Crippen LogP contribution < -0.4 is 9.64 Å².